The number of nitrogens with zero attached hydrogens (tertiary/aromatic N) is 3. The van der Waals surface area contributed by atoms with Crippen LogP contribution in [0.25, 0.3) is 0 Å². The lowest BCUT2D eigenvalue weighted by Crippen LogP contribution is -2.34. The van der Waals surface area contributed by atoms with Gasteiger partial charge in [-0.15, -0.1) is 0 Å². The minimum atomic E-state index is -0.225. The van der Waals surface area contributed by atoms with Gasteiger partial charge in [0.15, 0.2) is 0 Å². The van der Waals surface area contributed by atoms with E-state index >= 15 is 0 Å². The Balaban J connectivity index is 1.40. The van der Waals surface area contributed by atoms with Crippen LogP contribution in [0.2, 0.25) is 0 Å². The molecule has 0 radical (unpaired) electrons. The molecule has 0 amide bonds. The van der Waals surface area contributed by atoms with Gasteiger partial charge in [-0.3, -0.25) is 0 Å². The lowest BCUT2D eigenvalue weighted by Gasteiger charge is -2.23. The summed E-state index contributed by atoms with van der Waals surface area (Å²) in [6, 6.07) is 6.77. The molecule has 2 atom stereocenters. The molecule has 0 bridgehead atoms. The Morgan fingerprint density at radius 3 is 2.96 bits per heavy atom. The zero-order chi connectivity index (χ0) is 16.6. The number of anilines is 2. The zero-order valence-electron chi connectivity index (χ0n) is 13.7. The molecule has 4 rings (SSSR count). The van der Waals surface area contributed by atoms with Gasteiger partial charge in [0, 0.05) is 31.0 Å². The summed E-state index contributed by atoms with van der Waals surface area (Å²) in [6.07, 6.45) is 5.56. The van der Waals surface area contributed by atoms with Gasteiger partial charge in [0.25, 0.3) is 0 Å². The fourth-order valence-electron chi connectivity index (χ4n) is 3.60. The predicted molar refractivity (Wildman–Crippen MR) is 90.7 cm³/mol. The van der Waals surface area contributed by atoms with E-state index in [1.807, 2.05) is 25.4 Å². The van der Waals surface area contributed by atoms with Crippen molar-refractivity contribution in [3.8, 4) is 0 Å². The summed E-state index contributed by atoms with van der Waals surface area (Å²) in [5.41, 5.74) is 1.71. The molecule has 1 aromatic carbocycles. The average molecular weight is 328 g/mol. The van der Waals surface area contributed by atoms with E-state index in [0.29, 0.717) is 6.61 Å². The summed E-state index contributed by atoms with van der Waals surface area (Å²) in [4.78, 5) is 11.0. The van der Waals surface area contributed by atoms with E-state index in [1.54, 1.807) is 6.07 Å². The van der Waals surface area contributed by atoms with Crippen molar-refractivity contribution >= 4 is 11.6 Å². The van der Waals surface area contributed by atoms with Crippen molar-refractivity contribution in [2.75, 3.05) is 29.9 Å². The molecule has 1 N–H and O–H groups in total. The van der Waals surface area contributed by atoms with Crippen LogP contribution in [0.3, 0.4) is 0 Å². The molecule has 5 nitrogen and oxygen atoms in total. The molecule has 6 heteroatoms. The highest BCUT2D eigenvalue weighted by atomic mass is 19.1. The van der Waals surface area contributed by atoms with Gasteiger partial charge < -0.3 is 15.0 Å². The largest absolute Gasteiger partial charge is 0.380 e. The number of nitrogens with one attached hydrogen (secondary N) is 1. The quantitative estimate of drug-likeness (QED) is 0.939. The van der Waals surface area contributed by atoms with Crippen molar-refractivity contribution in [1.82, 2.24) is 9.97 Å². The summed E-state index contributed by atoms with van der Waals surface area (Å²) < 4.78 is 19.4. The van der Waals surface area contributed by atoms with Crippen LogP contribution in [-0.4, -0.2) is 41.3 Å². The van der Waals surface area contributed by atoms with Crippen LogP contribution in [0, 0.1) is 12.7 Å². The highest BCUT2D eigenvalue weighted by molar-refractivity contribution is 5.44. The predicted octanol–water partition coefficient (Wildman–Crippen LogP) is 2.77. The molecule has 0 aliphatic carbocycles. The molecule has 1 spiro atoms. The maximum absolute atomic E-state index is 13.3. The van der Waals surface area contributed by atoms with Crippen molar-refractivity contribution in [1.29, 1.82) is 0 Å². The maximum Gasteiger partial charge on any atom is 0.225 e. The highest BCUT2D eigenvalue weighted by Crippen LogP contribution is 2.37. The monoisotopic (exact) mass is 328 g/mol. The van der Waals surface area contributed by atoms with Gasteiger partial charge in [0.05, 0.1) is 24.8 Å². The van der Waals surface area contributed by atoms with Gasteiger partial charge in [-0.05, 0) is 37.1 Å². The van der Waals surface area contributed by atoms with Crippen LogP contribution in [0.5, 0.6) is 0 Å². The molecule has 2 aromatic rings. The van der Waals surface area contributed by atoms with Gasteiger partial charge in [0.1, 0.15) is 5.82 Å². The molecule has 2 fully saturated rings. The van der Waals surface area contributed by atoms with Crippen LogP contribution in [0.4, 0.5) is 16.0 Å². The molecule has 3 heterocycles. The lowest BCUT2D eigenvalue weighted by atomic mass is 9.97. The van der Waals surface area contributed by atoms with Crippen molar-refractivity contribution in [2.24, 2.45) is 0 Å². The number of aryl methyl sites for hydroxylation is 1. The molecular weight excluding hydrogens is 307 g/mol. The molecule has 2 saturated heterocycles. The van der Waals surface area contributed by atoms with E-state index in [1.165, 1.54) is 12.1 Å². The maximum atomic E-state index is 13.3. The molecule has 126 valence electrons. The minimum Gasteiger partial charge on any atom is -0.380 e. The summed E-state index contributed by atoms with van der Waals surface area (Å²) in [5.74, 6) is 0.541. The van der Waals surface area contributed by atoms with E-state index in [2.05, 4.69) is 20.2 Å². The Kier molecular flexibility index (Phi) is 3.84. The van der Waals surface area contributed by atoms with Gasteiger partial charge in [-0.1, -0.05) is 6.07 Å². The molecule has 2 aliphatic heterocycles. The minimum absolute atomic E-state index is 0.154. The third-order valence-corrected chi connectivity index (χ3v) is 4.77. The zero-order valence-corrected chi connectivity index (χ0v) is 13.7. The van der Waals surface area contributed by atoms with Crippen LogP contribution >= 0.6 is 0 Å². The fraction of sp³-hybridized carbons (Fsp3) is 0.444. The molecule has 24 heavy (non-hydrogen) atoms. The first kappa shape index (κ1) is 15.3. The molecule has 2 unspecified atom stereocenters. The van der Waals surface area contributed by atoms with E-state index in [0.717, 1.165) is 43.1 Å². The van der Waals surface area contributed by atoms with E-state index in [4.69, 9.17) is 4.74 Å². The van der Waals surface area contributed by atoms with Crippen LogP contribution < -0.4 is 10.2 Å². The molecule has 2 aliphatic rings. The van der Waals surface area contributed by atoms with E-state index < -0.39 is 0 Å². The fourth-order valence-corrected chi connectivity index (χ4v) is 3.60. The van der Waals surface area contributed by atoms with Gasteiger partial charge in [-0.25, -0.2) is 14.4 Å². The Labute approximate surface area is 140 Å². The summed E-state index contributed by atoms with van der Waals surface area (Å²) in [7, 11) is 0. The van der Waals surface area contributed by atoms with Crippen molar-refractivity contribution in [3.05, 3.63) is 48.0 Å². The van der Waals surface area contributed by atoms with Crippen molar-refractivity contribution in [2.45, 2.75) is 31.4 Å². The number of benzene rings is 1. The van der Waals surface area contributed by atoms with Gasteiger partial charge in [0.2, 0.25) is 5.95 Å². The smallest absolute Gasteiger partial charge is 0.225 e. The summed E-state index contributed by atoms with van der Waals surface area (Å²) in [5, 5.41) is 3.38. The van der Waals surface area contributed by atoms with E-state index in [9.17, 15) is 4.39 Å². The lowest BCUT2D eigenvalue weighted by molar-refractivity contribution is 0.0228. The SMILES string of the molecule is Cc1cnc(N2CCC3(CC(Nc4cccc(F)c4)CO3)C2)nc1. The normalized spacial score (nSPS) is 26.2. The standard InChI is InChI=1S/C18H21FN4O/c1-13-9-20-17(21-10-13)23-6-5-18(12-23)8-16(11-24-18)22-15-4-2-3-14(19)7-15/h2-4,7,9-10,16,22H,5-6,8,11-12H2,1H3. The first-order chi connectivity index (χ1) is 11.6. The molecule has 0 saturated carbocycles. The Bertz CT molecular complexity index is 723. The van der Waals surface area contributed by atoms with Crippen LogP contribution in [0.1, 0.15) is 18.4 Å². The van der Waals surface area contributed by atoms with Crippen molar-refractivity contribution < 1.29 is 9.13 Å². The number of aromatic nitrogens is 2. The molecular formula is C18H21FN4O. The molecule has 1 aromatic heterocycles. The van der Waals surface area contributed by atoms with Crippen LogP contribution in [-0.2, 0) is 4.74 Å². The topological polar surface area (TPSA) is 50.3 Å². The number of rotatable bonds is 3. The Morgan fingerprint density at radius 1 is 1.33 bits per heavy atom. The second kappa shape index (κ2) is 6.02. The van der Waals surface area contributed by atoms with E-state index in [-0.39, 0.29) is 17.5 Å². The second-order valence-corrected chi connectivity index (χ2v) is 6.78. The van der Waals surface area contributed by atoms with Gasteiger partial charge in [-0.2, -0.15) is 0 Å². The summed E-state index contributed by atoms with van der Waals surface area (Å²) >= 11 is 0. The first-order valence-corrected chi connectivity index (χ1v) is 8.32. The third-order valence-electron chi connectivity index (χ3n) is 4.77. The second-order valence-electron chi connectivity index (χ2n) is 6.78. The Morgan fingerprint density at radius 2 is 2.17 bits per heavy atom. The number of hydrogen-bond donors (Lipinski definition) is 1. The van der Waals surface area contributed by atoms with Gasteiger partial charge >= 0.3 is 0 Å². The number of ether oxygens (including phenoxy) is 1. The van der Waals surface area contributed by atoms with Crippen LogP contribution in [0.15, 0.2) is 36.7 Å². The first-order valence-electron chi connectivity index (χ1n) is 8.32. The van der Waals surface area contributed by atoms with Crippen molar-refractivity contribution in [3.63, 3.8) is 0 Å². The summed E-state index contributed by atoms with van der Waals surface area (Å²) in [6.45, 7) is 4.32. The number of hydrogen-bond acceptors (Lipinski definition) is 5. The third kappa shape index (κ3) is 3.06. The Hall–Kier alpha value is -2.21. The number of halogens is 1. The highest BCUT2D eigenvalue weighted by Gasteiger charge is 2.46. The average Bonchev–Trinajstić information content (AvgIpc) is 3.16.